The van der Waals surface area contributed by atoms with Gasteiger partial charge in [-0.05, 0) is 0 Å². The van der Waals surface area contributed by atoms with Crippen LogP contribution in [0.25, 0.3) is 0 Å². The molecule has 0 atom stereocenters. The summed E-state index contributed by atoms with van der Waals surface area (Å²) in [5, 5.41) is 1.06. The first-order valence-electron chi connectivity index (χ1n) is 4.41. The van der Waals surface area contributed by atoms with Crippen molar-refractivity contribution in [1.82, 2.24) is 0 Å². The fraction of sp³-hybridized carbons (Fsp3) is 0.333. The number of allylic oxidation sites excluding steroid dienone is 8. The van der Waals surface area contributed by atoms with Gasteiger partial charge >= 0.3 is 21.7 Å². The topological polar surface area (TPSA) is 0 Å². The maximum absolute atomic E-state index is 3.15. The third-order valence-corrected chi connectivity index (χ3v) is 1.17. The fourth-order valence-electron chi connectivity index (χ4n) is 0.680. The molecule has 0 heterocycles. The Balaban J connectivity index is 0. The van der Waals surface area contributed by atoms with Crippen LogP contribution in [0.1, 0.15) is 19.8 Å². The standard InChI is InChI=1S/2C5H5.C2H5Br.Ti/c2*1-2-4-5-3-1;1-2-3;/h2*1-3H,4H2;2H2,1H3;/q2*-1;;+2. The van der Waals surface area contributed by atoms with Crippen molar-refractivity contribution in [2.75, 3.05) is 5.33 Å². The number of rotatable bonds is 0. The van der Waals surface area contributed by atoms with Crippen LogP contribution in [0, 0.1) is 12.2 Å². The molecule has 0 aromatic rings. The average Bonchev–Trinajstić information content (AvgIpc) is 2.85. The smallest absolute Gasteiger partial charge is 0.273 e. The number of alkyl halides is 1. The molecular formula is C12H15BrTi. The van der Waals surface area contributed by atoms with Gasteiger partial charge in [0, 0.05) is 5.33 Å². The summed E-state index contributed by atoms with van der Waals surface area (Å²) in [6.07, 6.45) is 20.0. The molecule has 0 bridgehead atoms. The molecule has 0 unspecified atom stereocenters. The van der Waals surface area contributed by atoms with Gasteiger partial charge in [0.15, 0.2) is 0 Å². The minimum Gasteiger partial charge on any atom is -0.273 e. The van der Waals surface area contributed by atoms with Crippen LogP contribution < -0.4 is 0 Å². The van der Waals surface area contributed by atoms with E-state index in [-0.39, 0.29) is 21.7 Å². The van der Waals surface area contributed by atoms with E-state index in [9.17, 15) is 0 Å². The van der Waals surface area contributed by atoms with Crippen LogP contribution in [0.3, 0.4) is 0 Å². The molecule has 0 aliphatic heterocycles. The second-order valence-corrected chi connectivity index (χ2v) is 3.39. The fourth-order valence-corrected chi connectivity index (χ4v) is 0.680. The van der Waals surface area contributed by atoms with E-state index in [1.165, 1.54) is 0 Å². The molecule has 0 amide bonds. The van der Waals surface area contributed by atoms with Crippen LogP contribution in [-0.2, 0) is 21.7 Å². The van der Waals surface area contributed by atoms with Crippen molar-refractivity contribution in [3.05, 3.63) is 48.6 Å². The van der Waals surface area contributed by atoms with E-state index in [4.69, 9.17) is 0 Å². The maximum atomic E-state index is 3.15. The summed E-state index contributed by atoms with van der Waals surface area (Å²) < 4.78 is 0. The van der Waals surface area contributed by atoms with E-state index in [1.807, 2.05) is 31.2 Å². The third kappa shape index (κ3) is 14.7. The monoisotopic (exact) mass is 286 g/mol. The van der Waals surface area contributed by atoms with Gasteiger partial charge in [-0.3, -0.25) is 12.2 Å². The third-order valence-electron chi connectivity index (χ3n) is 1.17. The second-order valence-electron chi connectivity index (χ2n) is 2.27. The molecular weight excluding hydrogens is 272 g/mol. The Morgan fingerprint density at radius 3 is 1.50 bits per heavy atom. The van der Waals surface area contributed by atoms with E-state index in [2.05, 4.69) is 40.2 Å². The largest absolute Gasteiger partial charge is 2.00 e. The predicted octanol–water partition coefficient (Wildman–Crippen LogP) is 4.01. The molecule has 2 aliphatic carbocycles. The van der Waals surface area contributed by atoms with Crippen molar-refractivity contribution in [2.24, 2.45) is 0 Å². The summed E-state index contributed by atoms with van der Waals surface area (Å²) in [4.78, 5) is 0. The first-order chi connectivity index (χ1) is 6.41. The molecule has 14 heavy (non-hydrogen) atoms. The van der Waals surface area contributed by atoms with Crippen molar-refractivity contribution in [3.63, 3.8) is 0 Å². The van der Waals surface area contributed by atoms with E-state index in [1.54, 1.807) is 0 Å². The first-order valence-corrected chi connectivity index (χ1v) is 5.53. The van der Waals surface area contributed by atoms with Crippen molar-refractivity contribution in [2.45, 2.75) is 19.8 Å². The zero-order valence-electron chi connectivity index (χ0n) is 8.46. The Bertz CT molecular complexity index is 160. The Morgan fingerprint density at radius 2 is 1.43 bits per heavy atom. The van der Waals surface area contributed by atoms with E-state index in [0.717, 1.165) is 18.2 Å². The van der Waals surface area contributed by atoms with Crippen LogP contribution in [-0.4, -0.2) is 5.33 Å². The minimum atomic E-state index is 0. The van der Waals surface area contributed by atoms with Crippen molar-refractivity contribution in [1.29, 1.82) is 0 Å². The summed E-state index contributed by atoms with van der Waals surface area (Å²) in [5.41, 5.74) is 0. The van der Waals surface area contributed by atoms with Gasteiger partial charge in [-0.2, -0.15) is 12.2 Å². The maximum Gasteiger partial charge on any atom is 2.00 e. The average molecular weight is 287 g/mol. The minimum absolute atomic E-state index is 0. The molecule has 0 saturated heterocycles. The van der Waals surface area contributed by atoms with Crippen LogP contribution >= 0.6 is 15.9 Å². The van der Waals surface area contributed by atoms with Gasteiger partial charge in [0.1, 0.15) is 0 Å². The van der Waals surface area contributed by atoms with Crippen molar-refractivity contribution >= 4 is 15.9 Å². The molecule has 74 valence electrons. The van der Waals surface area contributed by atoms with Gasteiger partial charge in [-0.1, -0.05) is 22.9 Å². The van der Waals surface area contributed by atoms with E-state index in [0.29, 0.717) is 0 Å². The van der Waals surface area contributed by atoms with Gasteiger partial charge in [-0.25, -0.2) is 24.3 Å². The molecule has 0 aromatic heterocycles. The van der Waals surface area contributed by atoms with E-state index < -0.39 is 0 Å². The quantitative estimate of drug-likeness (QED) is 0.359. The van der Waals surface area contributed by atoms with Crippen LogP contribution in [0.5, 0.6) is 0 Å². The van der Waals surface area contributed by atoms with Crippen LogP contribution in [0.4, 0.5) is 0 Å². The SMILES string of the molecule is CCBr.[C-]1=CC=CC1.[C-]1=CC=CC1.[Ti+2]. The molecule has 0 radical (unpaired) electrons. The summed E-state index contributed by atoms with van der Waals surface area (Å²) in [6, 6.07) is 0. The second kappa shape index (κ2) is 15.6. The predicted molar refractivity (Wildman–Crippen MR) is 62.6 cm³/mol. The molecule has 0 spiro atoms. The normalized spacial score (nSPS) is 13.9. The number of halogens is 1. The first kappa shape index (κ1) is 16.6. The molecule has 2 rings (SSSR count). The Hall–Kier alpha value is 0.154. The zero-order valence-corrected chi connectivity index (χ0v) is 11.6. The summed E-state index contributed by atoms with van der Waals surface area (Å²) >= 11 is 3.15. The van der Waals surface area contributed by atoms with Crippen molar-refractivity contribution in [3.8, 4) is 0 Å². The van der Waals surface area contributed by atoms with E-state index >= 15 is 0 Å². The molecule has 0 saturated carbocycles. The zero-order chi connectivity index (χ0) is 9.78. The molecule has 0 aromatic carbocycles. The molecule has 2 aliphatic rings. The van der Waals surface area contributed by atoms with Gasteiger partial charge in [0.2, 0.25) is 0 Å². The molecule has 2 heteroatoms. The summed E-state index contributed by atoms with van der Waals surface area (Å²) in [6.45, 7) is 2.04. The van der Waals surface area contributed by atoms with Crippen molar-refractivity contribution < 1.29 is 21.7 Å². The van der Waals surface area contributed by atoms with Gasteiger partial charge in [0.25, 0.3) is 0 Å². The Labute approximate surface area is 111 Å². The molecule has 0 nitrogen and oxygen atoms in total. The Kier molecular flexibility index (Phi) is 18.5. The van der Waals surface area contributed by atoms with Crippen LogP contribution in [0.2, 0.25) is 0 Å². The Morgan fingerprint density at radius 1 is 1.07 bits per heavy atom. The summed E-state index contributed by atoms with van der Waals surface area (Å²) in [5.74, 6) is 0. The van der Waals surface area contributed by atoms with Gasteiger partial charge in [-0.15, -0.1) is 12.8 Å². The van der Waals surface area contributed by atoms with Gasteiger partial charge in [0.05, 0.1) is 0 Å². The van der Waals surface area contributed by atoms with Gasteiger partial charge < -0.3 is 0 Å². The number of hydrogen-bond donors (Lipinski definition) is 0. The molecule has 0 N–H and O–H groups in total. The number of hydrogen-bond acceptors (Lipinski definition) is 0. The molecule has 0 fully saturated rings. The van der Waals surface area contributed by atoms with Crippen LogP contribution in [0.15, 0.2) is 36.5 Å². The summed E-state index contributed by atoms with van der Waals surface area (Å²) in [7, 11) is 0.